The Morgan fingerprint density at radius 1 is 0.806 bits per heavy atom. The molecule has 162 valence electrons. The number of amides is 1. The van der Waals surface area contributed by atoms with Crippen LogP contribution >= 0.6 is 0 Å². The van der Waals surface area contributed by atoms with Crippen LogP contribution in [0.1, 0.15) is 20.7 Å². The number of carboxylic acids is 1. The summed E-state index contributed by atoms with van der Waals surface area (Å²) in [7, 11) is -9.62. The van der Waals surface area contributed by atoms with E-state index in [1.807, 2.05) is 0 Å². The minimum Gasteiger partial charge on any atom is -0.507 e. The number of benzene rings is 3. The van der Waals surface area contributed by atoms with Crippen LogP contribution in [0.3, 0.4) is 0 Å². The molecule has 0 saturated heterocycles. The van der Waals surface area contributed by atoms with Gasteiger partial charge in [-0.1, -0.05) is 12.1 Å². The van der Waals surface area contributed by atoms with Crippen molar-refractivity contribution in [1.82, 2.24) is 0 Å². The van der Waals surface area contributed by atoms with Crippen LogP contribution in [-0.4, -0.2) is 48.0 Å². The number of rotatable bonds is 5. The normalized spacial score (nSPS) is 11.9. The van der Waals surface area contributed by atoms with E-state index in [4.69, 9.17) is 0 Å². The molecule has 0 fully saturated rings. The van der Waals surface area contributed by atoms with Crippen LogP contribution in [0.5, 0.6) is 5.75 Å². The number of nitrogens with one attached hydrogen (secondary N) is 1. The van der Waals surface area contributed by atoms with Gasteiger partial charge in [-0.05, 0) is 35.7 Å². The van der Waals surface area contributed by atoms with Crippen molar-refractivity contribution in [3.8, 4) is 5.75 Å². The SMILES string of the molecule is O=C(O)c1ccccc1C(=O)Nc1cc(S(=O)(=O)O)cc2cc(S(=O)(=O)O)cc(O)c12. The molecule has 0 aromatic heterocycles. The van der Waals surface area contributed by atoms with Gasteiger partial charge in [0.15, 0.2) is 0 Å². The van der Waals surface area contributed by atoms with Crippen LogP contribution < -0.4 is 5.32 Å². The Labute approximate surface area is 175 Å². The molecule has 1 amide bonds. The van der Waals surface area contributed by atoms with E-state index < -0.39 is 47.7 Å². The number of carbonyl (C=O) groups excluding carboxylic acids is 1. The number of anilines is 1. The maximum absolute atomic E-state index is 12.7. The molecule has 0 aliphatic carbocycles. The molecule has 31 heavy (non-hydrogen) atoms. The summed E-state index contributed by atoms with van der Waals surface area (Å²) < 4.78 is 64.7. The van der Waals surface area contributed by atoms with Crippen LogP contribution in [0.2, 0.25) is 0 Å². The van der Waals surface area contributed by atoms with Gasteiger partial charge < -0.3 is 15.5 Å². The largest absolute Gasteiger partial charge is 0.507 e. The van der Waals surface area contributed by atoms with E-state index in [9.17, 15) is 45.7 Å². The van der Waals surface area contributed by atoms with Gasteiger partial charge in [0.05, 0.1) is 26.6 Å². The number of carboxylic acid groups (broad SMARTS) is 1. The third-order valence-electron chi connectivity index (χ3n) is 4.22. The number of aromatic carboxylic acids is 1. The molecule has 0 aliphatic rings. The molecule has 3 aromatic rings. The summed E-state index contributed by atoms with van der Waals surface area (Å²) in [6.07, 6.45) is 0. The third kappa shape index (κ3) is 4.49. The summed E-state index contributed by atoms with van der Waals surface area (Å²) in [5.41, 5.74) is -1.00. The Morgan fingerprint density at radius 3 is 1.84 bits per heavy atom. The fourth-order valence-electron chi connectivity index (χ4n) is 2.89. The van der Waals surface area contributed by atoms with Crippen LogP contribution in [0.4, 0.5) is 5.69 Å². The lowest BCUT2D eigenvalue weighted by molar-refractivity contribution is 0.0692. The number of phenolic OH excluding ortho intramolecular Hbond substituents is 1. The van der Waals surface area contributed by atoms with E-state index >= 15 is 0 Å². The van der Waals surface area contributed by atoms with Gasteiger partial charge in [0, 0.05) is 11.5 Å². The van der Waals surface area contributed by atoms with Crippen molar-refractivity contribution in [2.24, 2.45) is 0 Å². The van der Waals surface area contributed by atoms with E-state index in [1.54, 1.807) is 0 Å². The number of fused-ring (bicyclic) bond motifs is 1. The van der Waals surface area contributed by atoms with Crippen molar-refractivity contribution >= 4 is 48.6 Å². The highest BCUT2D eigenvalue weighted by Gasteiger charge is 2.22. The average Bonchev–Trinajstić information content (AvgIpc) is 2.65. The lowest BCUT2D eigenvalue weighted by Gasteiger charge is -2.14. The van der Waals surface area contributed by atoms with Crippen molar-refractivity contribution < 1.29 is 45.7 Å². The first kappa shape index (κ1) is 22.2. The smallest absolute Gasteiger partial charge is 0.336 e. The van der Waals surface area contributed by atoms with Gasteiger partial charge in [-0.2, -0.15) is 16.8 Å². The molecule has 0 bridgehead atoms. The molecule has 3 rings (SSSR count). The predicted molar refractivity (Wildman–Crippen MR) is 107 cm³/mol. The second-order valence-electron chi connectivity index (χ2n) is 6.27. The van der Waals surface area contributed by atoms with E-state index in [0.29, 0.717) is 6.07 Å². The fraction of sp³-hybridized carbons (Fsp3) is 0. The fourth-order valence-corrected chi connectivity index (χ4v) is 3.97. The average molecular weight is 467 g/mol. The van der Waals surface area contributed by atoms with Crippen LogP contribution in [0.15, 0.2) is 58.3 Å². The second kappa shape index (κ2) is 7.63. The molecule has 0 atom stereocenters. The van der Waals surface area contributed by atoms with Crippen LogP contribution in [0.25, 0.3) is 10.8 Å². The Hall–Kier alpha value is -3.52. The van der Waals surface area contributed by atoms with Crippen molar-refractivity contribution in [1.29, 1.82) is 0 Å². The van der Waals surface area contributed by atoms with E-state index in [1.165, 1.54) is 24.3 Å². The van der Waals surface area contributed by atoms with Crippen molar-refractivity contribution in [3.63, 3.8) is 0 Å². The van der Waals surface area contributed by atoms with Gasteiger partial charge in [-0.15, -0.1) is 0 Å². The quantitative estimate of drug-likeness (QED) is 0.346. The summed E-state index contributed by atoms with van der Waals surface area (Å²) in [4.78, 5) is 22.5. The highest BCUT2D eigenvalue weighted by molar-refractivity contribution is 7.86. The molecular weight excluding hydrogens is 454 g/mol. The lowest BCUT2D eigenvalue weighted by Crippen LogP contribution is -2.17. The van der Waals surface area contributed by atoms with Crippen molar-refractivity contribution in [3.05, 3.63) is 59.7 Å². The number of hydrogen-bond donors (Lipinski definition) is 5. The molecule has 13 heteroatoms. The molecule has 3 aromatic carbocycles. The Kier molecular flexibility index (Phi) is 5.45. The first-order valence-electron chi connectivity index (χ1n) is 8.18. The summed E-state index contributed by atoms with van der Waals surface area (Å²) in [6, 6.07) is 8.25. The molecule has 5 N–H and O–H groups in total. The maximum Gasteiger partial charge on any atom is 0.336 e. The van der Waals surface area contributed by atoms with Gasteiger partial charge >= 0.3 is 5.97 Å². The highest BCUT2D eigenvalue weighted by atomic mass is 32.2. The minimum atomic E-state index is -4.84. The van der Waals surface area contributed by atoms with Gasteiger partial charge in [-0.25, -0.2) is 4.79 Å². The Morgan fingerprint density at radius 2 is 1.32 bits per heavy atom. The predicted octanol–water partition coefficient (Wildman–Crippen LogP) is 1.99. The molecule has 11 nitrogen and oxygen atoms in total. The standard InChI is InChI=1S/C18H13NO10S2/c20-15-8-11(31(27,28)29)6-9-5-10(30(24,25)26)7-14(16(9)15)19-17(21)12-3-1-2-4-13(12)18(22)23/h1-8,20H,(H,19,21)(H,22,23)(H,24,25,26)(H,27,28,29). The summed E-state index contributed by atoms with van der Waals surface area (Å²) >= 11 is 0. The van der Waals surface area contributed by atoms with Crippen LogP contribution in [0, 0.1) is 0 Å². The van der Waals surface area contributed by atoms with Crippen molar-refractivity contribution in [2.75, 3.05) is 5.32 Å². The van der Waals surface area contributed by atoms with Gasteiger partial charge in [0.25, 0.3) is 26.1 Å². The number of carbonyl (C=O) groups is 2. The third-order valence-corrected chi connectivity index (χ3v) is 5.88. The summed E-state index contributed by atoms with van der Waals surface area (Å²) in [5.74, 6) is -3.12. The zero-order valence-corrected chi connectivity index (χ0v) is 16.8. The zero-order valence-electron chi connectivity index (χ0n) is 15.2. The molecule has 0 saturated carbocycles. The van der Waals surface area contributed by atoms with Gasteiger partial charge in [0.1, 0.15) is 5.75 Å². The van der Waals surface area contributed by atoms with Gasteiger partial charge in [-0.3, -0.25) is 13.9 Å². The number of phenols is 1. The zero-order chi connectivity index (χ0) is 23.1. The summed E-state index contributed by atoms with van der Waals surface area (Å²) in [5, 5.41) is 21.3. The first-order valence-corrected chi connectivity index (χ1v) is 11.1. The molecule has 0 aliphatic heterocycles. The van der Waals surface area contributed by atoms with E-state index in [2.05, 4.69) is 5.32 Å². The Bertz CT molecular complexity index is 1450. The summed E-state index contributed by atoms with van der Waals surface area (Å²) in [6.45, 7) is 0. The topological polar surface area (TPSA) is 195 Å². The monoisotopic (exact) mass is 467 g/mol. The molecule has 0 radical (unpaired) electrons. The van der Waals surface area contributed by atoms with Crippen molar-refractivity contribution in [2.45, 2.75) is 9.79 Å². The van der Waals surface area contributed by atoms with E-state index in [-0.39, 0.29) is 27.6 Å². The second-order valence-corrected chi connectivity index (χ2v) is 9.11. The molecule has 0 heterocycles. The Balaban J connectivity index is 2.26. The van der Waals surface area contributed by atoms with E-state index in [0.717, 1.165) is 18.2 Å². The first-order chi connectivity index (χ1) is 14.3. The number of hydrogen-bond acceptors (Lipinski definition) is 7. The number of aromatic hydroxyl groups is 1. The van der Waals surface area contributed by atoms with Gasteiger partial charge in [0.2, 0.25) is 0 Å². The molecule has 0 spiro atoms. The molecule has 0 unspecified atom stereocenters. The lowest BCUT2D eigenvalue weighted by atomic mass is 10.1. The minimum absolute atomic E-state index is 0.221. The highest BCUT2D eigenvalue weighted by Crippen LogP contribution is 2.37. The van der Waals surface area contributed by atoms with Crippen LogP contribution in [-0.2, 0) is 20.2 Å². The molecular formula is C18H13NO10S2. The maximum atomic E-state index is 12.7.